The van der Waals surface area contributed by atoms with Gasteiger partial charge in [-0.25, -0.2) is 4.79 Å². The molecule has 1 aromatic carbocycles. The fraction of sp³-hybridized carbons (Fsp3) is 0.444. The molecular weight excluding hydrogens is 380 g/mol. The second-order valence-electron chi connectivity index (χ2n) is 6.56. The van der Waals surface area contributed by atoms with Crippen LogP contribution in [0.15, 0.2) is 29.3 Å². The van der Waals surface area contributed by atoms with Gasteiger partial charge in [0.1, 0.15) is 17.8 Å². The smallest absolute Gasteiger partial charge is 0.326 e. The standard InChI is InChI=1S/C18H28N6O5/c1-10(23-16(27)13(19)3-2-8-22-18(20)21)15(26)24-14(17(28)29)9-11-4-6-12(25)7-5-11/h4-7,10,13-14,25H,2-3,8-9,19H2,1H3,(H,23,27)(H,24,26)(H,28,29)(H4,20,21,22). The first kappa shape index (κ1) is 23.7. The summed E-state index contributed by atoms with van der Waals surface area (Å²) in [5, 5.41) is 23.5. The quantitative estimate of drug-likeness (QED) is 0.128. The van der Waals surface area contributed by atoms with Gasteiger partial charge in [-0.1, -0.05) is 12.1 Å². The zero-order valence-corrected chi connectivity index (χ0v) is 16.2. The molecule has 0 saturated heterocycles. The van der Waals surface area contributed by atoms with Crippen molar-refractivity contribution in [2.75, 3.05) is 6.54 Å². The van der Waals surface area contributed by atoms with E-state index in [2.05, 4.69) is 15.6 Å². The van der Waals surface area contributed by atoms with Gasteiger partial charge in [-0.3, -0.25) is 14.6 Å². The molecule has 0 aromatic heterocycles. The van der Waals surface area contributed by atoms with Gasteiger partial charge in [0.25, 0.3) is 0 Å². The van der Waals surface area contributed by atoms with Crippen LogP contribution in [0.3, 0.4) is 0 Å². The largest absolute Gasteiger partial charge is 0.508 e. The molecular formula is C18H28N6O5. The predicted octanol–water partition coefficient (Wildman–Crippen LogP) is -1.61. The van der Waals surface area contributed by atoms with Gasteiger partial charge in [0.15, 0.2) is 5.96 Å². The molecule has 0 fully saturated rings. The van der Waals surface area contributed by atoms with Crippen molar-refractivity contribution in [3.63, 3.8) is 0 Å². The predicted molar refractivity (Wildman–Crippen MR) is 107 cm³/mol. The lowest BCUT2D eigenvalue weighted by Crippen LogP contribution is -2.53. The van der Waals surface area contributed by atoms with Crippen LogP contribution in [-0.4, -0.2) is 58.6 Å². The summed E-state index contributed by atoms with van der Waals surface area (Å²) in [5.41, 5.74) is 16.8. The SMILES string of the molecule is CC(NC(=O)C(N)CCCN=C(N)N)C(=O)NC(Cc1ccc(O)cc1)C(=O)O. The van der Waals surface area contributed by atoms with Gasteiger partial charge in [-0.15, -0.1) is 0 Å². The van der Waals surface area contributed by atoms with Crippen molar-refractivity contribution in [2.24, 2.45) is 22.2 Å². The number of benzene rings is 1. The number of aliphatic imine (C=N–C) groups is 1. The molecule has 11 nitrogen and oxygen atoms in total. The number of aliphatic carboxylic acids is 1. The van der Waals surface area contributed by atoms with Crippen molar-refractivity contribution in [3.8, 4) is 5.75 Å². The summed E-state index contributed by atoms with van der Waals surface area (Å²) >= 11 is 0. The van der Waals surface area contributed by atoms with Crippen LogP contribution in [0.5, 0.6) is 5.75 Å². The van der Waals surface area contributed by atoms with E-state index in [1.165, 1.54) is 19.1 Å². The Morgan fingerprint density at radius 2 is 1.72 bits per heavy atom. The Balaban J connectivity index is 2.54. The highest BCUT2D eigenvalue weighted by molar-refractivity contribution is 5.91. The molecule has 0 aliphatic rings. The Kier molecular flexibility index (Phi) is 9.39. The number of carboxylic acids is 1. The number of rotatable bonds is 11. The van der Waals surface area contributed by atoms with Crippen LogP contribution in [0.25, 0.3) is 0 Å². The third-order valence-electron chi connectivity index (χ3n) is 4.05. The molecule has 10 N–H and O–H groups in total. The Morgan fingerprint density at radius 1 is 1.10 bits per heavy atom. The van der Waals surface area contributed by atoms with E-state index in [9.17, 15) is 24.6 Å². The highest BCUT2D eigenvalue weighted by Crippen LogP contribution is 2.11. The summed E-state index contributed by atoms with van der Waals surface area (Å²) in [7, 11) is 0. The van der Waals surface area contributed by atoms with Crippen LogP contribution in [-0.2, 0) is 20.8 Å². The molecule has 3 atom stereocenters. The third kappa shape index (κ3) is 8.93. The maximum atomic E-state index is 12.3. The number of carbonyl (C=O) groups is 3. The number of amides is 2. The minimum atomic E-state index is -1.22. The number of carbonyl (C=O) groups excluding carboxylic acids is 2. The maximum Gasteiger partial charge on any atom is 0.326 e. The number of nitrogens with zero attached hydrogens (tertiary/aromatic N) is 1. The lowest BCUT2D eigenvalue weighted by molar-refractivity contribution is -0.142. The van der Waals surface area contributed by atoms with Gasteiger partial charge in [-0.05, 0) is 37.5 Å². The fourth-order valence-corrected chi connectivity index (χ4v) is 2.40. The lowest BCUT2D eigenvalue weighted by atomic mass is 10.1. The van der Waals surface area contributed by atoms with Gasteiger partial charge >= 0.3 is 5.97 Å². The number of nitrogens with one attached hydrogen (secondary N) is 2. The topological polar surface area (TPSA) is 206 Å². The summed E-state index contributed by atoms with van der Waals surface area (Å²) in [6, 6.07) is 2.94. The van der Waals surface area contributed by atoms with Crippen molar-refractivity contribution in [2.45, 2.75) is 44.3 Å². The first-order chi connectivity index (χ1) is 13.6. The molecule has 1 rings (SSSR count). The van der Waals surface area contributed by atoms with Gasteiger partial charge in [0.2, 0.25) is 11.8 Å². The molecule has 2 amide bonds. The summed E-state index contributed by atoms with van der Waals surface area (Å²) < 4.78 is 0. The van der Waals surface area contributed by atoms with E-state index in [0.717, 1.165) is 0 Å². The minimum absolute atomic E-state index is 0.0202. The third-order valence-corrected chi connectivity index (χ3v) is 4.05. The Hall–Kier alpha value is -3.34. The van der Waals surface area contributed by atoms with E-state index in [1.54, 1.807) is 12.1 Å². The second-order valence-corrected chi connectivity index (χ2v) is 6.56. The van der Waals surface area contributed by atoms with Crippen LogP contribution >= 0.6 is 0 Å². The number of aromatic hydroxyl groups is 1. The molecule has 0 heterocycles. The van der Waals surface area contributed by atoms with Crippen LogP contribution in [0.2, 0.25) is 0 Å². The number of phenols is 1. The number of hydrogen-bond acceptors (Lipinski definition) is 6. The molecule has 0 aliphatic carbocycles. The minimum Gasteiger partial charge on any atom is -0.508 e. The number of nitrogens with two attached hydrogens (primary N) is 3. The summed E-state index contributed by atoms with van der Waals surface area (Å²) in [6.07, 6.45) is 0.822. The van der Waals surface area contributed by atoms with E-state index in [-0.39, 0.29) is 18.1 Å². The van der Waals surface area contributed by atoms with Crippen molar-refractivity contribution >= 4 is 23.7 Å². The van der Waals surface area contributed by atoms with Gasteiger partial charge < -0.3 is 38.0 Å². The molecule has 0 aliphatic heterocycles. The molecule has 1 aromatic rings. The maximum absolute atomic E-state index is 12.3. The van der Waals surface area contributed by atoms with Crippen molar-refractivity contribution in [3.05, 3.63) is 29.8 Å². The van der Waals surface area contributed by atoms with Crippen molar-refractivity contribution in [1.29, 1.82) is 0 Å². The highest BCUT2D eigenvalue weighted by Gasteiger charge is 2.25. The molecule has 160 valence electrons. The second kappa shape index (κ2) is 11.5. The molecule has 29 heavy (non-hydrogen) atoms. The van der Waals surface area contributed by atoms with Gasteiger partial charge in [0, 0.05) is 13.0 Å². The zero-order chi connectivity index (χ0) is 22.0. The summed E-state index contributed by atoms with van der Waals surface area (Å²) in [5.74, 6) is -2.41. The average molecular weight is 408 g/mol. The molecule has 0 radical (unpaired) electrons. The summed E-state index contributed by atoms with van der Waals surface area (Å²) in [6.45, 7) is 1.76. The van der Waals surface area contributed by atoms with Crippen LogP contribution in [0.4, 0.5) is 0 Å². The summed E-state index contributed by atoms with van der Waals surface area (Å²) in [4.78, 5) is 39.6. The van der Waals surface area contributed by atoms with Gasteiger partial charge in [0.05, 0.1) is 6.04 Å². The fourth-order valence-electron chi connectivity index (χ4n) is 2.40. The first-order valence-corrected chi connectivity index (χ1v) is 9.02. The van der Waals surface area contributed by atoms with E-state index >= 15 is 0 Å². The van der Waals surface area contributed by atoms with Crippen LogP contribution in [0, 0.1) is 0 Å². The normalized spacial score (nSPS) is 13.6. The van der Waals surface area contributed by atoms with E-state index < -0.39 is 35.9 Å². The van der Waals surface area contributed by atoms with E-state index in [1.807, 2.05) is 0 Å². The number of guanidine groups is 1. The Labute approximate surface area is 168 Å². The Morgan fingerprint density at radius 3 is 2.28 bits per heavy atom. The van der Waals surface area contributed by atoms with Crippen molar-refractivity contribution in [1.82, 2.24) is 10.6 Å². The number of carboxylic acid groups (broad SMARTS) is 1. The average Bonchev–Trinajstić information content (AvgIpc) is 2.65. The highest BCUT2D eigenvalue weighted by atomic mass is 16.4. The Bertz CT molecular complexity index is 733. The zero-order valence-electron chi connectivity index (χ0n) is 16.2. The van der Waals surface area contributed by atoms with Crippen LogP contribution < -0.4 is 27.8 Å². The van der Waals surface area contributed by atoms with Crippen LogP contribution in [0.1, 0.15) is 25.3 Å². The first-order valence-electron chi connectivity index (χ1n) is 9.02. The van der Waals surface area contributed by atoms with E-state index in [0.29, 0.717) is 24.9 Å². The number of phenolic OH excluding ortho intramolecular Hbond substituents is 1. The lowest BCUT2D eigenvalue weighted by Gasteiger charge is -2.20. The van der Waals surface area contributed by atoms with Gasteiger partial charge in [-0.2, -0.15) is 0 Å². The molecule has 0 spiro atoms. The molecule has 3 unspecified atom stereocenters. The van der Waals surface area contributed by atoms with E-state index in [4.69, 9.17) is 17.2 Å². The number of hydrogen-bond donors (Lipinski definition) is 7. The molecule has 0 saturated carbocycles. The monoisotopic (exact) mass is 408 g/mol. The molecule has 0 bridgehead atoms. The molecule has 11 heteroatoms. The van der Waals surface area contributed by atoms with Crippen molar-refractivity contribution < 1.29 is 24.6 Å².